The summed E-state index contributed by atoms with van der Waals surface area (Å²) in [7, 11) is 1.63. The number of hydrogen-bond acceptors (Lipinski definition) is 3. The van der Waals surface area contributed by atoms with E-state index in [2.05, 4.69) is 18.7 Å². The minimum atomic E-state index is 0.178. The molecule has 0 aliphatic rings. The van der Waals surface area contributed by atoms with E-state index in [-0.39, 0.29) is 6.10 Å². The van der Waals surface area contributed by atoms with Crippen LogP contribution in [-0.4, -0.2) is 26.6 Å². The van der Waals surface area contributed by atoms with Crippen LogP contribution >= 0.6 is 0 Å². The molecule has 0 aromatic heterocycles. The average Bonchev–Trinajstić information content (AvgIpc) is 2.45. The Kier molecular flexibility index (Phi) is 8.98. The highest BCUT2D eigenvalue weighted by atomic mass is 16.7. The second-order valence-electron chi connectivity index (χ2n) is 4.40. The lowest BCUT2D eigenvalue weighted by molar-refractivity contribution is -0.0747. The lowest BCUT2D eigenvalue weighted by Crippen LogP contribution is -2.14. The fourth-order valence-electron chi connectivity index (χ4n) is 1.80. The van der Waals surface area contributed by atoms with Crippen LogP contribution in [0.4, 0.5) is 0 Å². The first kappa shape index (κ1) is 15.9. The average molecular weight is 264 g/mol. The molecule has 1 atom stereocenters. The first-order chi connectivity index (χ1) is 9.36. The van der Waals surface area contributed by atoms with Gasteiger partial charge in [0.25, 0.3) is 0 Å². The second-order valence-corrected chi connectivity index (χ2v) is 4.40. The largest absolute Gasteiger partial charge is 0.377 e. The topological polar surface area (TPSA) is 27.7 Å². The van der Waals surface area contributed by atoms with E-state index >= 15 is 0 Å². The van der Waals surface area contributed by atoms with Gasteiger partial charge >= 0.3 is 0 Å². The Morgan fingerprint density at radius 1 is 1.26 bits per heavy atom. The minimum Gasteiger partial charge on any atom is -0.377 e. The summed E-state index contributed by atoms with van der Waals surface area (Å²) in [4.78, 5) is 0. The quantitative estimate of drug-likeness (QED) is 0.347. The van der Waals surface area contributed by atoms with Gasteiger partial charge in [0.15, 0.2) is 0 Å². The van der Waals surface area contributed by atoms with E-state index in [1.165, 1.54) is 5.56 Å². The highest BCUT2D eigenvalue weighted by molar-refractivity contribution is 5.13. The number of hydrogen-bond donors (Lipinski definition) is 0. The summed E-state index contributed by atoms with van der Waals surface area (Å²) < 4.78 is 16.1. The third-order valence-corrected chi connectivity index (χ3v) is 2.78. The molecule has 1 rings (SSSR count). The van der Waals surface area contributed by atoms with E-state index in [0.717, 1.165) is 25.9 Å². The van der Waals surface area contributed by atoms with Crippen molar-refractivity contribution in [3.05, 3.63) is 48.6 Å². The second kappa shape index (κ2) is 10.7. The summed E-state index contributed by atoms with van der Waals surface area (Å²) in [5.74, 6) is 0. The number of rotatable bonds is 11. The highest BCUT2D eigenvalue weighted by Crippen LogP contribution is 2.09. The summed E-state index contributed by atoms with van der Waals surface area (Å²) in [5, 5.41) is 0. The molecule has 106 valence electrons. The summed E-state index contributed by atoms with van der Waals surface area (Å²) in [6.07, 6.45) is 4.85. The maximum Gasteiger partial charge on any atom is 0.146 e. The van der Waals surface area contributed by atoms with Crippen LogP contribution in [0.1, 0.15) is 24.8 Å². The maximum absolute atomic E-state index is 5.64. The molecule has 0 saturated heterocycles. The molecule has 0 aliphatic heterocycles. The molecule has 0 saturated carbocycles. The van der Waals surface area contributed by atoms with E-state index in [1.54, 1.807) is 7.11 Å². The molecule has 0 radical (unpaired) electrons. The lowest BCUT2D eigenvalue weighted by Gasteiger charge is -2.15. The van der Waals surface area contributed by atoms with Crippen LogP contribution in [0.15, 0.2) is 43.0 Å². The zero-order chi connectivity index (χ0) is 13.8. The molecule has 1 aromatic rings. The number of benzene rings is 1. The first-order valence-electron chi connectivity index (χ1n) is 6.70. The molecule has 0 unspecified atom stereocenters. The fraction of sp³-hybridized carbons (Fsp3) is 0.500. The van der Waals surface area contributed by atoms with Crippen molar-refractivity contribution in [2.45, 2.75) is 32.0 Å². The van der Waals surface area contributed by atoms with E-state index < -0.39 is 0 Å². The van der Waals surface area contributed by atoms with Gasteiger partial charge in [-0.05, 0) is 24.8 Å². The van der Waals surface area contributed by atoms with Crippen molar-refractivity contribution in [1.29, 1.82) is 0 Å². The van der Waals surface area contributed by atoms with Gasteiger partial charge < -0.3 is 14.2 Å². The molecule has 3 nitrogen and oxygen atoms in total. The summed E-state index contributed by atoms with van der Waals surface area (Å²) in [6, 6.07) is 10.2. The molecule has 0 fully saturated rings. The molecule has 3 heteroatoms. The van der Waals surface area contributed by atoms with E-state index in [0.29, 0.717) is 13.4 Å². The van der Waals surface area contributed by atoms with Crippen molar-refractivity contribution in [3.8, 4) is 0 Å². The third-order valence-electron chi connectivity index (χ3n) is 2.78. The van der Waals surface area contributed by atoms with Gasteiger partial charge in [0.1, 0.15) is 6.79 Å². The Morgan fingerprint density at radius 3 is 2.74 bits per heavy atom. The normalized spacial score (nSPS) is 12.3. The zero-order valence-electron chi connectivity index (χ0n) is 11.7. The molecule has 0 heterocycles. The molecule has 0 bridgehead atoms. The van der Waals surface area contributed by atoms with E-state index in [1.807, 2.05) is 24.3 Å². The van der Waals surface area contributed by atoms with Crippen LogP contribution in [0, 0.1) is 0 Å². The molecular formula is C16H24O3. The van der Waals surface area contributed by atoms with Crippen molar-refractivity contribution in [2.75, 3.05) is 20.5 Å². The summed E-state index contributed by atoms with van der Waals surface area (Å²) in [6.45, 7) is 5.50. The van der Waals surface area contributed by atoms with E-state index in [9.17, 15) is 0 Å². The molecule has 0 N–H and O–H groups in total. The monoisotopic (exact) mass is 264 g/mol. The van der Waals surface area contributed by atoms with Crippen molar-refractivity contribution in [2.24, 2.45) is 0 Å². The molecule has 19 heavy (non-hydrogen) atoms. The lowest BCUT2D eigenvalue weighted by atomic mass is 10.1. The molecule has 0 aliphatic carbocycles. The zero-order valence-corrected chi connectivity index (χ0v) is 11.7. The first-order valence-corrected chi connectivity index (χ1v) is 6.70. The predicted octanol–water partition coefficient (Wildman–Crippen LogP) is 3.55. The number of methoxy groups -OCH3 is 1. The van der Waals surface area contributed by atoms with Gasteiger partial charge in [-0.1, -0.05) is 36.4 Å². The van der Waals surface area contributed by atoms with Gasteiger partial charge in [-0.3, -0.25) is 0 Å². The van der Waals surface area contributed by atoms with Crippen molar-refractivity contribution in [3.63, 3.8) is 0 Å². The smallest absolute Gasteiger partial charge is 0.146 e. The Morgan fingerprint density at radius 2 is 2.05 bits per heavy atom. The number of ether oxygens (including phenoxy) is 3. The predicted molar refractivity (Wildman–Crippen MR) is 76.9 cm³/mol. The van der Waals surface area contributed by atoms with Gasteiger partial charge in [0.05, 0.1) is 12.7 Å². The van der Waals surface area contributed by atoms with Crippen molar-refractivity contribution < 1.29 is 14.2 Å². The maximum atomic E-state index is 5.64. The molecular weight excluding hydrogens is 240 g/mol. The standard InChI is InChI=1S/C16H24O3/c1-3-8-16(19-14-17-2)11-7-12-18-13-15-9-5-4-6-10-15/h3-6,9-10,16H,1,7-8,11-14H2,2H3/t16-/m1/s1. The van der Waals surface area contributed by atoms with Gasteiger partial charge in [-0.2, -0.15) is 0 Å². The van der Waals surface area contributed by atoms with Gasteiger partial charge in [0, 0.05) is 13.7 Å². The van der Waals surface area contributed by atoms with Gasteiger partial charge in [0.2, 0.25) is 0 Å². The van der Waals surface area contributed by atoms with Crippen LogP contribution in [0.2, 0.25) is 0 Å². The van der Waals surface area contributed by atoms with Gasteiger partial charge in [-0.25, -0.2) is 0 Å². The Labute approximate surface area is 116 Å². The van der Waals surface area contributed by atoms with Crippen molar-refractivity contribution >= 4 is 0 Å². The molecule has 0 spiro atoms. The van der Waals surface area contributed by atoms with Crippen LogP contribution in [0.5, 0.6) is 0 Å². The minimum absolute atomic E-state index is 0.178. The summed E-state index contributed by atoms with van der Waals surface area (Å²) >= 11 is 0. The van der Waals surface area contributed by atoms with Crippen LogP contribution < -0.4 is 0 Å². The Bertz CT molecular complexity index is 324. The van der Waals surface area contributed by atoms with Gasteiger partial charge in [-0.15, -0.1) is 6.58 Å². The van der Waals surface area contributed by atoms with Crippen LogP contribution in [0.25, 0.3) is 0 Å². The summed E-state index contributed by atoms with van der Waals surface area (Å²) in [5.41, 5.74) is 1.21. The molecule has 1 aromatic carbocycles. The van der Waals surface area contributed by atoms with Crippen molar-refractivity contribution in [1.82, 2.24) is 0 Å². The Balaban J connectivity index is 2.09. The Hall–Kier alpha value is -1.16. The highest BCUT2D eigenvalue weighted by Gasteiger charge is 2.06. The SMILES string of the molecule is C=CC[C@H](CCCOCc1ccccc1)OCOC. The third kappa shape index (κ3) is 7.78. The van der Waals surface area contributed by atoms with Crippen LogP contribution in [-0.2, 0) is 20.8 Å². The van der Waals surface area contributed by atoms with Crippen LogP contribution in [0.3, 0.4) is 0 Å². The molecule has 0 amide bonds. The van der Waals surface area contributed by atoms with E-state index in [4.69, 9.17) is 14.2 Å². The fourth-order valence-corrected chi connectivity index (χ4v) is 1.80.